The Hall–Kier alpha value is -2.68. The van der Waals surface area contributed by atoms with Crippen LogP contribution in [-0.4, -0.2) is 60.1 Å². The summed E-state index contributed by atoms with van der Waals surface area (Å²) in [6.07, 6.45) is 12.2. The highest BCUT2D eigenvalue weighted by atomic mass is 32.1. The lowest BCUT2D eigenvalue weighted by Gasteiger charge is -2.36. The summed E-state index contributed by atoms with van der Waals surface area (Å²) in [5.41, 5.74) is 0.370. The number of carbonyl (C=O) groups is 3. The fraction of sp³-hybridized carbons (Fsp3) is 0.655. The van der Waals surface area contributed by atoms with Crippen LogP contribution in [0, 0.1) is 0 Å². The number of para-hydroxylation sites is 1. The summed E-state index contributed by atoms with van der Waals surface area (Å²) in [6, 6.07) is 6.17. The molecule has 0 bridgehead atoms. The van der Waals surface area contributed by atoms with Crippen molar-refractivity contribution in [3.05, 3.63) is 29.8 Å². The van der Waals surface area contributed by atoms with E-state index in [1.807, 2.05) is 6.07 Å². The van der Waals surface area contributed by atoms with Gasteiger partial charge in [-0.05, 0) is 37.2 Å². The Morgan fingerprint density at radius 2 is 1.61 bits per heavy atom. The quantitative estimate of drug-likeness (QED) is 0.158. The number of rotatable bonds is 17. The van der Waals surface area contributed by atoms with E-state index in [0.29, 0.717) is 37.6 Å². The zero-order valence-electron chi connectivity index (χ0n) is 23.1. The first kappa shape index (κ1) is 31.5. The number of piperazine rings is 1. The molecule has 1 atom stereocenters. The van der Waals surface area contributed by atoms with Gasteiger partial charge in [-0.25, -0.2) is 0 Å². The predicted molar refractivity (Wildman–Crippen MR) is 153 cm³/mol. The van der Waals surface area contributed by atoms with Crippen molar-refractivity contribution in [2.24, 2.45) is 0 Å². The van der Waals surface area contributed by atoms with Crippen LogP contribution in [0.3, 0.4) is 0 Å². The third kappa shape index (κ3) is 11.4. The lowest BCUT2D eigenvalue weighted by atomic mass is 10.1. The summed E-state index contributed by atoms with van der Waals surface area (Å²) < 4.78 is 11.2. The number of esters is 1. The van der Waals surface area contributed by atoms with Gasteiger partial charge in [-0.1, -0.05) is 83.8 Å². The van der Waals surface area contributed by atoms with E-state index in [9.17, 15) is 14.4 Å². The SMILES string of the molecule is CCCCCCCCCCOC(=O)CC1C(=O)NCCN1C(=S)NC(=O)c1ccccc1OCCCCC. The molecular weight excluding hydrogens is 502 g/mol. The zero-order valence-corrected chi connectivity index (χ0v) is 23.9. The lowest BCUT2D eigenvalue weighted by Crippen LogP contribution is -2.60. The molecule has 2 amide bonds. The maximum absolute atomic E-state index is 13.0. The van der Waals surface area contributed by atoms with Crippen LogP contribution in [0.25, 0.3) is 0 Å². The first-order valence-electron chi connectivity index (χ1n) is 14.2. The van der Waals surface area contributed by atoms with E-state index in [2.05, 4.69) is 24.5 Å². The molecule has 212 valence electrons. The highest BCUT2D eigenvalue weighted by Gasteiger charge is 2.34. The molecule has 0 aliphatic carbocycles. The van der Waals surface area contributed by atoms with Crippen molar-refractivity contribution in [3.8, 4) is 5.75 Å². The number of hydrogen-bond acceptors (Lipinski definition) is 6. The van der Waals surface area contributed by atoms with Crippen molar-refractivity contribution in [3.63, 3.8) is 0 Å². The smallest absolute Gasteiger partial charge is 0.308 e. The second-order valence-electron chi connectivity index (χ2n) is 9.71. The molecule has 0 saturated carbocycles. The maximum atomic E-state index is 13.0. The van der Waals surface area contributed by atoms with Gasteiger partial charge in [-0.3, -0.25) is 19.7 Å². The Bertz CT molecular complexity index is 895. The molecule has 1 aromatic carbocycles. The van der Waals surface area contributed by atoms with Crippen molar-refractivity contribution in [2.45, 2.75) is 96.9 Å². The first-order chi connectivity index (χ1) is 18.5. The number of nitrogens with zero attached hydrogens (tertiary/aromatic N) is 1. The molecule has 9 heteroatoms. The molecule has 1 aromatic rings. The third-order valence-electron chi connectivity index (χ3n) is 6.57. The number of nitrogens with one attached hydrogen (secondary N) is 2. The molecule has 1 heterocycles. The lowest BCUT2D eigenvalue weighted by molar-refractivity contribution is -0.147. The van der Waals surface area contributed by atoms with Gasteiger partial charge in [0.15, 0.2) is 5.11 Å². The van der Waals surface area contributed by atoms with E-state index in [-0.39, 0.29) is 17.4 Å². The summed E-state index contributed by atoms with van der Waals surface area (Å²) >= 11 is 5.49. The average molecular weight is 548 g/mol. The predicted octanol–water partition coefficient (Wildman–Crippen LogP) is 5.14. The largest absolute Gasteiger partial charge is 0.493 e. The van der Waals surface area contributed by atoms with Crippen LogP contribution >= 0.6 is 12.2 Å². The van der Waals surface area contributed by atoms with Crippen LogP contribution in [0.5, 0.6) is 5.75 Å². The number of amides is 2. The minimum Gasteiger partial charge on any atom is -0.493 e. The van der Waals surface area contributed by atoms with Gasteiger partial charge in [0.25, 0.3) is 5.91 Å². The van der Waals surface area contributed by atoms with Crippen LogP contribution < -0.4 is 15.4 Å². The average Bonchev–Trinajstić information content (AvgIpc) is 2.91. The molecule has 1 aliphatic heterocycles. The van der Waals surface area contributed by atoms with Gasteiger partial charge in [0.05, 0.1) is 25.2 Å². The number of ether oxygens (including phenoxy) is 2. The topological polar surface area (TPSA) is 97.0 Å². The molecule has 2 rings (SSSR count). The number of carbonyl (C=O) groups excluding carboxylic acids is 3. The Labute approximate surface area is 233 Å². The van der Waals surface area contributed by atoms with Crippen LogP contribution in [0.4, 0.5) is 0 Å². The molecule has 1 unspecified atom stereocenters. The van der Waals surface area contributed by atoms with Crippen LogP contribution in [0.15, 0.2) is 24.3 Å². The Balaban J connectivity index is 1.84. The van der Waals surface area contributed by atoms with Gasteiger partial charge >= 0.3 is 5.97 Å². The summed E-state index contributed by atoms with van der Waals surface area (Å²) in [6.45, 7) is 5.95. The van der Waals surface area contributed by atoms with Crippen LogP contribution in [0.1, 0.15) is 101 Å². The van der Waals surface area contributed by atoms with Gasteiger partial charge in [-0.15, -0.1) is 0 Å². The van der Waals surface area contributed by atoms with Crippen molar-refractivity contribution < 1.29 is 23.9 Å². The standard InChI is InChI=1S/C29H45N3O5S/c1-3-5-7-8-9-10-11-15-21-37-26(33)22-24-28(35)30-18-19-32(24)29(38)31-27(34)23-16-12-13-17-25(23)36-20-14-6-4-2/h12-13,16-17,24H,3-11,14-15,18-22H2,1-2H3,(H,30,35)(H,31,34,38). The van der Waals surface area contributed by atoms with E-state index in [1.165, 1.54) is 32.1 Å². The molecule has 0 spiro atoms. The number of unbranched alkanes of at least 4 members (excludes halogenated alkanes) is 9. The minimum absolute atomic E-state index is 0.103. The third-order valence-corrected chi connectivity index (χ3v) is 6.91. The summed E-state index contributed by atoms with van der Waals surface area (Å²) in [7, 11) is 0. The fourth-order valence-electron chi connectivity index (χ4n) is 4.35. The molecule has 38 heavy (non-hydrogen) atoms. The summed E-state index contributed by atoms with van der Waals surface area (Å²) in [5, 5.41) is 5.60. The normalized spacial score (nSPS) is 15.1. The molecular formula is C29H45N3O5S. The summed E-state index contributed by atoms with van der Waals surface area (Å²) in [5.74, 6) is -0.680. The number of benzene rings is 1. The van der Waals surface area contributed by atoms with E-state index in [4.69, 9.17) is 21.7 Å². The molecule has 1 aliphatic rings. The van der Waals surface area contributed by atoms with Gasteiger partial charge in [0.1, 0.15) is 11.8 Å². The van der Waals surface area contributed by atoms with Gasteiger partial charge in [0, 0.05) is 13.1 Å². The van der Waals surface area contributed by atoms with Crippen LogP contribution in [0.2, 0.25) is 0 Å². The van der Waals surface area contributed by atoms with E-state index in [1.54, 1.807) is 23.1 Å². The Morgan fingerprint density at radius 1 is 0.974 bits per heavy atom. The van der Waals surface area contributed by atoms with Crippen molar-refractivity contribution in [2.75, 3.05) is 26.3 Å². The molecule has 2 N–H and O–H groups in total. The van der Waals surface area contributed by atoms with Crippen LogP contribution in [-0.2, 0) is 14.3 Å². The second-order valence-corrected chi connectivity index (χ2v) is 10.1. The van der Waals surface area contributed by atoms with E-state index in [0.717, 1.165) is 38.5 Å². The maximum Gasteiger partial charge on any atom is 0.308 e. The number of hydrogen-bond donors (Lipinski definition) is 2. The molecule has 0 aromatic heterocycles. The van der Waals surface area contributed by atoms with Crippen molar-refractivity contribution in [1.29, 1.82) is 0 Å². The van der Waals surface area contributed by atoms with Gasteiger partial charge in [-0.2, -0.15) is 0 Å². The van der Waals surface area contributed by atoms with Gasteiger partial charge in [0.2, 0.25) is 5.91 Å². The highest BCUT2D eigenvalue weighted by molar-refractivity contribution is 7.80. The Kier molecular flexibility index (Phi) is 15.4. The molecule has 1 saturated heterocycles. The minimum atomic E-state index is -0.830. The van der Waals surface area contributed by atoms with Gasteiger partial charge < -0.3 is 19.7 Å². The Morgan fingerprint density at radius 3 is 2.34 bits per heavy atom. The van der Waals surface area contributed by atoms with E-state index >= 15 is 0 Å². The number of thiocarbonyl (C=S) groups is 1. The highest BCUT2D eigenvalue weighted by Crippen LogP contribution is 2.19. The monoisotopic (exact) mass is 547 g/mol. The van der Waals surface area contributed by atoms with Crippen molar-refractivity contribution >= 4 is 35.1 Å². The van der Waals surface area contributed by atoms with Crippen molar-refractivity contribution in [1.82, 2.24) is 15.5 Å². The summed E-state index contributed by atoms with van der Waals surface area (Å²) in [4.78, 5) is 39.7. The zero-order chi connectivity index (χ0) is 27.6. The second kappa shape index (κ2) is 18.6. The molecule has 8 nitrogen and oxygen atoms in total. The molecule has 0 radical (unpaired) electrons. The first-order valence-corrected chi connectivity index (χ1v) is 14.7. The molecule has 1 fully saturated rings. The van der Waals surface area contributed by atoms with E-state index < -0.39 is 17.9 Å². The fourth-order valence-corrected chi connectivity index (χ4v) is 4.66.